The zero-order valence-electron chi connectivity index (χ0n) is 9.26. The number of nitrogens with zero attached hydrogens (tertiary/aromatic N) is 3. The van der Waals surface area contributed by atoms with E-state index < -0.39 is 0 Å². The van der Waals surface area contributed by atoms with Gasteiger partial charge in [-0.2, -0.15) is 5.26 Å². The van der Waals surface area contributed by atoms with Gasteiger partial charge < -0.3 is 0 Å². The van der Waals surface area contributed by atoms with Gasteiger partial charge in [-0.05, 0) is 31.4 Å². The van der Waals surface area contributed by atoms with Crippen molar-refractivity contribution in [2.24, 2.45) is 0 Å². The molecular weight excluding hydrogens is 230 g/mol. The summed E-state index contributed by atoms with van der Waals surface area (Å²) >= 11 is 1.59. The quantitative estimate of drug-likeness (QED) is 0.811. The predicted octanol–water partition coefficient (Wildman–Crippen LogP) is 3.15. The SMILES string of the molecule is N#CC1(c2csc(-c3cccnc3)n2)CCC1. The molecule has 0 spiro atoms. The van der Waals surface area contributed by atoms with Crippen LogP contribution in [0.4, 0.5) is 0 Å². The van der Waals surface area contributed by atoms with Crippen LogP contribution in [0.15, 0.2) is 29.9 Å². The first kappa shape index (κ1) is 10.4. The highest BCUT2D eigenvalue weighted by molar-refractivity contribution is 7.13. The van der Waals surface area contributed by atoms with Crippen LogP contribution in [-0.2, 0) is 5.41 Å². The number of hydrogen-bond donors (Lipinski definition) is 0. The van der Waals surface area contributed by atoms with Gasteiger partial charge >= 0.3 is 0 Å². The fraction of sp³-hybridized carbons (Fsp3) is 0.308. The lowest BCUT2D eigenvalue weighted by molar-refractivity contribution is 0.317. The second kappa shape index (κ2) is 3.94. The van der Waals surface area contributed by atoms with Gasteiger partial charge in [0.1, 0.15) is 10.4 Å². The summed E-state index contributed by atoms with van der Waals surface area (Å²) in [6.45, 7) is 0. The van der Waals surface area contributed by atoms with Crippen molar-refractivity contribution in [2.45, 2.75) is 24.7 Å². The summed E-state index contributed by atoms with van der Waals surface area (Å²) in [7, 11) is 0. The molecule has 1 saturated carbocycles. The molecular formula is C13H11N3S. The van der Waals surface area contributed by atoms with Gasteiger partial charge in [-0.3, -0.25) is 4.98 Å². The van der Waals surface area contributed by atoms with Crippen LogP contribution in [-0.4, -0.2) is 9.97 Å². The van der Waals surface area contributed by atoms with Crippen LogP contribution >= 0.6 is 11.3 Å². The van der Waals surface area contributed by atoms with E-state index in [0.29, 0.717) is 0 Å². The van der Waals surface area contributed by atoms with Gasteiger partial charge in [0, 0.05) is 23.3 Å². The van der Waals surface area contributed by atoms with Crippen LogP contribution in [0.1, 0.15) is 25.0 Å². The highest BCUT2D eigenvalue weighted by atomic mass is 32.1. The molecule has 4 heteroatoms. The second-order valence-electron chi connectivity index (χ2n) is 4.33. The zero-order valence-corrected chi connectivity index (χ0v) is 10.1. The van der Waals surface area contributed by atoms with Crippen molar-refractivity contribution in [2.75, 3.05) is 0 Å². The molecule has 0 amide bonds. The van der Waals surface area contributed by atoms with E-state index in [9.17, 15) is 5.26 Å². The molecule has 2 aromatic heterocycles. The number of hydrogen-bond acceptors (Lipinski definition) is 4. The summed E-state index contributed by atoms with van der Waals surface area (Å²) in [5, 5.41) is 12.2. The maximum atomic E-state index is 9.27. The average Bonchev–Trinajstić information content (AvgIpc) is 2.80. The number of aromatic nitrogens is 2. The summed E-state index contributed by atoms with van der Waals surface area (Å²) in [5.74, 6) is 0. The minimum atomic E-state index is -0.309. The summed E-state index contributed by atoms with van der Waals surface area (Å²) < 4.78 is 0. The Balaban J connectivity index is 1.97. The molecule has 0 bridgehead atoms. The predicted molar refractivity (Wildman–Crippen MR) is 66.5 cm³/mol. The van der Waals surface area contributed by atoms with E-state index >= 15 is 0 Å². The number of thiazole rings is 1. The number of nitriles is 1. The van der Waals surface area contributed by atoms with Gasteiger partial charge in [-0.1, -0.05) is 0 Å². The van der Waals surface area contributed by atoms with E-state index in [0.717, 1.165) is 35.5 Å². The first-order valence-electron chi connectivity index (χ1n) is 5.62. The Morgan fingerprint density at radius 3 is 2.88 bits per heavy atom. The van der Waals surface area contributed by atoms with E-state index in [-0.39, 0.29) is 5.41 Å². The van der Waals surface area contributed by atoms with Crippen molar-refractivity contribution >= 4 is 11.3 Å². The second-order valence-corrected chi connectivity index (χ2v) is 5.19. The molecule has 0 unspecified atom stereocenters. The molecule has 84 valence electrons. The molecule has 0 atom stereocenters. The van der Waals surface area contributed by atoms with Gasteiger partial charge in [0.25, 0.3) is 0 Å². The monoisotopic (exact) mass is 241 g/mol. The average molecular weight is 241 g/mol. The Bertz CT molecular complexity index is 564. The van der Waals surface area contributed by atoms with Crippen LogP contribution in [0.2, 0.25) is 0 Å². The normalized spacial score (nSPS) is 17.1. The molecule has 2 aromatic rings. The Labute approximate surface area is 104 Å². The van der Waals surface area contributed by atoms with Crippen LogP contribution in [0, 0.1) is 11.3 Å². The fourth-order valence-electron chi connectivity index (χ4n) is 2.07. The van der Waals surface area contributed by atoms with E-state index in [4.69, 9.17) is 0 Å². The Morgan fingerprint density at radius 2 is 2.29 bits per heavy atom. The van der Waals surface area contributed by atoms with Crippen LogP contribution < -0.4 is 0 Å². The van der Waals surface area contributed by atoms with Gasteiger partial charge in [0.15, 0.2) is 0 Å². The fourth-order valence-corrected chi connectivity index (χ4v) is 2.98. The number of rotatable bonds is 2. The Kier molecular flexibility index (Phi) is 2.41. The van der Waals surface area contributed by atoms with Crippen LogP contribution in [0.3, 0.4) is 0 Å². The van der Waals surface area contributed by atoms with Gasteiger partial charge in [0.2, 0.25) is 0 Å². The molecule has 2 heterocycles. The largest absolute Gasteiger partial charge is 0.264 e. The Morgan fingerprint density at radius 1 is 1.41 bits per heavy atom. The van der Waals surface area contributed by atoms with Gasteiger partial charge in [-0.25, -0.2) is 4.98 Å². The van der Waals surface area contributed by atoms with Crippen molar-refractivity contribution in [1.82, 2.24) is 9.97 Å². The first-order valence-corrected chi connectivity index (χ1v) is 6.50. The van der Waals surface area contributed by atoms with Crippen molar-refractivity contribution in [3.8, 4) is 16.6 Å². The molecule has 0 radical (unpaired) electrons. The maximum absolute atomic E-state index is 9.27. The maximum Gasteiger partial charge on any atom is 0.125 e. The van der Waals surface area contributed by atoms with E-state index in [1.165, 1.54) is 0 Å². The summed E-state index contributed by atoms with van der Waals surface area (Å²) in [4.78, 5) is 8.69. The van der Waals surface area contributed by atoms with Gasteiger partial charge in [-0.15, -0.1) is 11.3 Å². The lowest BCUT2D eigenvalue weighted by atomic mass is 9.68. The van der Waals surface area contributed by atoms with E-state index in [1.54, 1.807) is 17.5 Å². The lowest BCUT2D eigenvalue weighted by Gasteiger charge is -2.33. The molecule has 0 saturated heterocycles. The third kappa shape index (κ3) is 1.63. The topological polar surface area (TPSA) is 49.6 Å². The standard InChI is InChI=1S/C13H11N3S/c14-9-13(4-2-5-13)11-8-17-12(16-11)10-3-1-6-15-7-10/h1,3,6-8H,2,4-5H2. The van der Waals surface area contributed by atoms with Crippen molar-refractivity contribution in [1.29, 1.82) is 5.26 Å². The third-order valence-corrected chi connectivity index (χ3v) is 4.22. The lowest BCUT2D eigenvalue weighted by Crippen LogP contribution is -2.32. The van der Waals surface area contributed by atoms with Crippen molar-refractivity contribution < 1.29 is 0 Å². The van der Waals surface area contributed by atoms with Crippen LogP contribution in [0.25, 0.3) is 10.6 Å². The minimum Gasteiger partial charge on any atom is -0.264 e. The molecule has 17 heavy (non-hydrogen) atoms. The Hall–Kier alpha value is -1.73. The summed E-state index contributed by atoms with van der Waals surface area (Å²) in [5.41, 5.74) is 1.66. The molecule has 1 aliphatic carbocycles. The number of pyridine rings is 1. The molecule has 3 rings (SSSR count). The van der Waals surface area contributed by atoms with E-state index in [2.05, 4.69) is 16.0 Å². The molecule has 1 aliphatic rings. The highest BCUT2D eigenvalue weighted by Gasteiger charge is 2.41. The molecule has 1 fully saturated rings. The molecule has 0 aliphatic heterocycles. The minimum absolute atomic E-state index is 0.309. The van der Waals surface area contributed by atoms with Gasteiger partial charge in [0.05, 0.1) is 11.8 Å². The molecule has 0 aromatic carbocycles. The first-order chi connectivity index (χ1) is 8.34. The van der Waals surface area contributed by atoms with Crippen molar-refractivity contribution in [3.63, 3.8) is 0 Å². The summed E-state index contributed by atoms with van der Waals surface area (Å²) in [6, 6.07) is 6.32. The smallest absolute Gasteiger partial charge is 0.125 e. The van der Waals surface area contributed by atoms with Crippen molar-refractivity contribution in [3.05, 3.63) is 35.6 Å². The molecule has 3 nitrogen and oxygen atoms in total. The zero-order chi connectivity index (χ0) is 11.7. The molecule has 0 N–H and O–H groups in total. The van der Waals surface area contributed by atoms with Crippen LogP contribution in [0.5, 0.6) is 0 Å². The summed E-state index contributed by atoms with van der Waals surface area (Å²) in [6.07, 6.45) is 6.58. The van der Waals surface area contributed by atoms with E-state index in [1.807, 2.05) is 23.7 Å². The third-order valence-electron chi connectivity index (χ3n) is 3.32. The highest BCUT2D eigenvalue weighted by Crippen LogP contribution is 2.44.